The molecule has 0 bridgehead atoms. The van der Waals surface area contributed by atoms with Crippen molar-refractivity contribution in [3.05, 3.63) is 81.0 Å². The van der Waals surface area contributed by atoms with E-state index in [0.29, 0.717) is 48.8 Å². The number of aromatic carboxylic acids is 1. The number of carboxylic acid groups (broad SMARTS) is 1. The Morgan fingerprint density at radius 2 is 2.10 bits per heavy atom. The van der Waals surface area contributed by atoms with Crippen LogP contribution in [0.25, 0.3) is 22.4 Å². The molecule has 0 saturated heterocycles. The normalized spacial score (nSPS) is 14.0. The zero-order valence-electron chi connectivity index (χ0n) is 17.0. The molecule has 0 fully saturated rings. The fourth-order valence-electron chi connectivity index (χ4n) is 4.18. The SMILES string of the molecule is Cc1ccc2[nH]c(C(=O)O)c(CN3CCc4c(nc(-c5ccccn5)[nH]c4=O)C3)c2c1. The van der Waals surface area contributed by atoms with Gasteiger partial charge in [0.05, 0.1) is 5.69 Å². The molecule has 0 aliphatic carbocycles. The summed E-state index contributed by atoms with van der Waals surface area (Å²) in [5.74, 6) is -0.534. The molecule has 156 valence electrons. The highest BCUT2D eigenvalue weighted by molar-refractivity contribution is 5.97. The highest BCUT2D eigenvalue weighted by Crippen LogP contribution is 2.27. The summed E-state index contributed by atoms with van der Waals surface area (Å²) in [6.07, 6.45) is 2.22. The molecule has 0 radical (unpaired) electrons. The number of hydrogen-bond donors (Lipinski definition) is 3. The Morgan fingerprint density at radius 3 is 2.87 bits per heavy atom. The molecule has 3 aromatic heterocycles. The first kappa shape index (κ1) is 19.2. The van der Waals surface area contributed by atoms with Crippen molar-refractivity contribution in [1.82, 2.24) is 24.8 Å². The topological polar surface area (TPSA) is 115 Å². The summed E-state index contributed by atoms with van der Waals surface area (Å²) in [6.45, 7) is 3.57. The number of aryl methyl sites for hydroxylation is 1. The predicted molar refractivity (Wildman–Crippen MR) is 116 cm³/mol. The number of nitrogens with zero attached hydrogens (tertiary/aromatic N) is 3. The number of hydrogen-bond acceptors (Lipinski definition) is 5. The van der Waals surface area contributed by atoms with Crippen LogP contribution < -0.4 is 5.56 Å². The molecule has 0 saturated carbocycles. The quantitative estimate of drug-likeness (QED) is 0.472. The third-order valence-corrected chi connectivity index (χ3v) is 5.72. The standard InChI is InChI=1S/C23H21N5O3/c1-13-5-6-17-15(10-13)16(20(25-17)23(30)31)11-28-9-7-14-19(12-28)26-21(27-22(14)29)18-4-2-3-8-24-18/h2-6,8,10,25H,7,9,11-12H2,1H3,(H,30,31)(H,26,27,29). The zero-order chi connectivity index (χ0) is 21.5. The number of carboxylic acids is 1. The molecule has 8 heteroatoms. The number of rotatable bonds is 4. The summed E-state index contributed by atoms with van der Waals surface area (Å²) in [5, 5.41) is 10.6. The number of pyridine rings is 1. The number of aromatic amines is 2. The molecule has 1 aliphatic heterocycles. The van der Waals surface area contributed by atoms with E-state index in [1.54, 1.807) is 12.3 Å². The maximum absolute atomic E-state index is 12.6. The Bertz CT molecular complexity index is 1360. The molecule has 0 amide bonds. The van der Waals surface area contributed by atoms with Crippen LogP contribution in [0.5, 0.6) is 0 Å². The van der Waals surface area contributed by atoms with E-state index in [-0.39, 0.29) is 11.3 Å². The van der Waals surface area contributed by atoms with Crippen LogP contribution in [-0.4, -0.2) is 42.5 Å². The van der Waals surface area contributed by atoms with Gasteiger partial charge in [0.1, 0.15) is 11.4 Å². The third kappa shape index (κ3) is 3.51. The number of fused-ring (bicyclic) bond motifs is 2. The van der Waals surface area contributed by atoms with Gasteiger partial charge in [0, 0.05) is 47.9 Å². The molecule has 31 heavy (non-hydrogen) atoms. The third-order valence-electron chi connectivity index (χ3n) is 5.72. The van der Waals surface area contributed by atoms with E-state index in [2.05, 4.69) is 24.8 Å². The second-order valence-corrected chi connectivity index (χ2v) is 7.85. The molecule has 4 aromatic rings. The minimum absolute atomic E-state index is 0.140. The fourth-order valence-corrected chi connectivity index (χ4v) is 4.18. The van der Waals surface area contributed by atoms with E-state index in [0.717, 1.165) is 22.0 Å². The monoisotopic (exact) mass is 415 g/mol. The Balaban J connectivity index is 1.50. The first-order valence-electron chi connectivity index (χ1n) is 10.1. The van der Waals surface area contributed by atoms with E-state index in [1.165, 1.54) is 0 Å². The van der Waals surface area contributed by atoms with Gasteiger partial charge in [-0.3, -0.25) is 14.7 Å². The average molecular weight is 415 g/mol. The van der Waals surface area contributed by atoms with Crippen molar-refractivity contribution in [1.29, 1.82) is 0 Å². The van der Waals surface area contributed by atoms with Gasteiger partial charge in [0.2, 0.25) is 0 Å². The van der Waals surface area contributed by atoms with Crippen LogP contribution in [-0.2, 0) is 19.5 Å². The van der Waals surface area contributed by atoms with Crippen molar-refractivity contribution in [3.8, 4) is 11.5 Å². The van der Waals surface area contributed by atoms with Crippen molar-refractivity contribution in [2.75, 3.05) is 6.54 Å². The van der Waals surface area contributed by atoms with E-state index in [1.807, 2.05) is 37.3 Å². The van der Waals surface area contributed by atoms with Crippen LogP contribution in [0.2, 0.25) is 0 Å². The summed E-state index contributed by atoms with van der Waals surface area (Å²) in [4.78, 5) is 41.4. The van der Waals surface area contributed by atoms with Gasteiger partial charge in [0.15, 0.2) is 5.82 Å². The highest BCUT2D eigenvalue weighted by Gasteiger charge is 2.25. The van der Waals surface area contributed by atoms with Gasteiger partial charge in [-0.25, -0.2) is 9.78 Å². The lowest BCUT2D eigenvalue weighted by Gasteiger charge is -2.27. The summed E-state index contributed by atoms with van der Waals surface area (Å²) >= 11 is 0. The first-order valence-corrected chi connectivity index (χ1v) is 10.1. The van der Waals surface area contributed by atoms with Crippen molar-refractivity contribution in [2.24, 2.45) is 0 Å². The Labute approximate surface area is 177 Å². The lowest BCUT2D eigenvalue weighted by atomic mass is 10.0. The zero-order valence-corrected chi connectivity index (χ0v) is 17.0. The van der Waals surface area contributed by atoms with Crippen LogP contribution in [0, 0.1) is 6.92 Å². The molecule has 1 aliphatic rings. The summed E-state index contributed by atoms with van der Waals surface area (Å²) in [5.41, 5.74) is 4.71. The van der Waals surface area contributed by atoms with Crippen LogP contribution >= 0.6 is 0 Å². The molecule has 0 unspecified atom stereocenters. The van der Waals surface area contributed by atoms with Gasteiger partial charge in [-0.2, -0.15) is 0 Å². The van der Waals surface area contributed by atoms with Crippen molar-refractivity contribution < 1.29 is 9.90 Å². The summed E-state index contributed by atoms with van der Waals surface area (Å²) < 4.78 is 0. The Hall–Kier alpha value is -3.78. The summed E-state index contributed by atoms with van der Waals surface area (Å²) in [6, 6.07) is 11.3. The second-order valence-electron chi connectivity index (χ2n) is 7.85. The molecular formula is C23H21N5O3. The minimum atomic E-state index is -0.978. The van der Waals surface area contributed by atoms with Gasteiger partial charge in [-0.05, 0) is 37.6 Å². The molecule has 1 aromatic carbocycles. The molecule has 5 rings (SSSR count). The van der Waals surface area contributed by atoms with E-state index >= 15 is 0 Å². The smallest absolute Gasteiger partial charge is 0.352 e. The van der Waals surface area contributed by atoms with Gasteiger partial charge in [-0.15, -0.1) is 0 Å². The number of H-pyrrole nitrogens is 2. The second kappa shape index (κ2) is 7.48. The Kier molecular flexibility index (Phi) is 4.63. The van der Waals surface area contributed by atoms with E-state index in [9.17, 15) is 14.7 Å². The van der Waals surface area contributed by atoms with Crippen LogP contribution in [0.1, 0.15) is 32.9 Å². The minimum Gasteiger partial charge on any atom is -0.477 e. The van der Waals surface area contributed by atoms with Crippen LogP contribution in [0.3, 0.4) is 0 Å². The van der Waals surface area contributed by atoms with Gasteiger partial charge >= 0.3 is 5.97 Å². The van der Waals surface area contributed by atoms with Gasteiger partial charge in [0.25, 0.3) is 5.56 Å². The Morgan fingerprint density at radius 1 is 1.23 bits per heavy atom. The number of benzene rings is 1. The van der Waals surface area contributed by atoms with E-state index in [4.69, 9.17) is 0 Å². The van der Waals surface area contributed by atoms with Crippen molar-refractivity contribution >= 4 is 16.9 Å². The number of aromatic nitrogens is 4. The molecule has 0 atom stereocenters. The van der Waals surface area contributed by atoms with E-state index < -0.39 is 5.97 Å². The van der Waals surface area contributed by atoms with Crippen molar-refractivity contribution in [3.63, 3.8) is 0 Å². The number of carbonyl (C=O) groups is 1. The van der Waals surface area contributed by atoms with Crippen LogP contribution in [0.15, 0.2) is 47.4 Å². The maximum Gasteiger partial charge on any atom is 0.352 e. The fraction of sp³-hybridized carbons (Fsp3) is 0.217. The first-order chi connectivity index (χ1) is 15.0. The molecule has 0 spiro atoms. The molecular weight excluding hydrogens is 394 g/mol. The molecule has 3 N–H and O–H groups in total. The van der Waals surface area contributed by atoms with Crippen molar-refractivity contribution in [2.45, 2.75) is 26.4 Å². The maximum atomic E-state index is 12.6. The molecule has 4 heterocycles. The predicted octanol–water partition coefficient (Wildman–Crippen LogP) is 2.88. The molecule has 8 nitrogen and oxygen atoms in total. The average Bonchev–Trinajstić information content (AvgIpc) is 3.12. The van der Waals surface area contributed by atoms with Gasteiger partial charge < -0.3 is 15.1 Å². The lowest BCUT2D eigenvalue weighted by molar-refractivity contribution is 0.0689. The van der Waals surface area contributed by atoms with Gasteiger partial charge in [-0.1, -0.05) is 17.7 Å². The lowest BCUT2D eigenvalue weighted by Crippen LogP contribution is -2.35. The summed E-state index contributed by atoms with van der Waals surface area (Å²) in [7, 11) is 0. The van der Waals surface area contributed by atoms with Crippen LogP contribution in [0.4, 0.5) is 0 Å². The largest absolute Gasteiger partial charge is 0.477 e. The number of nitrogens with one attached hydrogen (secondary N) is 2. The highest BCUT2D eigenvalue weighted by atomic mass is 16.4.